The molecule has 0 radical (unpaired) electrons. The summed E-state index contributed by atoms with van der Waals surface area (Å²) in [6.07, 6.45) is 1.49. The van der Waals surface area contributed by atoms with Gasteiger partial charge in [0.1, 0.15) is 0 Å². The van der Waals surface area contributed by atoms with Gasteiger partial charge in [-0.2, -0.15) is 0 Å². The zero-order valence-electron chi connectivity index (χ0n) is 10.0. The zero-order valence-corrected chi connectivity index (χ0v) is 11.6. The van der Waals surface area contributed by atoms with E-state index in [4.69, 9.17) is 11.6 Å². The quantitative estimate of drug-likeness (QED) is 0.941. The Morgan fingerprint density at radius 1 is 1.50 bits per heavy atom. The van der Waals surface area contributed by atoms with Crippen LogP contribution in [0.2, 0.25) is 5.02 Å². The van der Waals surface area contributed by atoms with Crippen LogP contribution >= 0.6 is 22.9 Å². The Balaban J connectivity index is 2.03. The van der Waals surface area contributed by atoms with Crippen LogP contribution in [0.4, 0.5) is 0 Å². The van der Waals surface area contributed by atoms with Crippen LogP contribution in [0.1, 0.15) is 26.8 Å². The van der Waals surface area contributed by atoms with Gasteiger partial charge in [-0.1, -0.05) is 11.6 Å². The van der Waals surface area contributed by atoms with Crippen LogP contribution in [0.3, 0.4) is 0 Å². The summed E-state index contributed by atoms with van der Waals surface area (Å²) in [5, 5.41) is 6.08. The van der Waals surface area contributed by atoms with Crippen molar-refractivity contribution in [1.82, 2.24) is 15.3 Å². The van der Waals surface area contributed by atoms with Crippen LogP contribution in [-0.4, -0.2) is 15.9 Å². The second kappa shape index (κ2) is 5.46. The lowest BCUT2D eigenvalue weighted by atomic mass is 10.2. The zero-order chi connectivity index (χ0) is 13.1. The summed E-state index contributed by atoms with van der Waals surface area (Å²) in [7, 11) is 0. The molecule has 0 saturated carbocycles. The van der Waals surface area contributed by atoms with Gasteiger partial charge in [0.25, 0.3) is 5.91 Å². The highest BCUT2D eigenvalue weighted by Gasteiger charge is 2.11. The third-order valence-electron chi connectivity index (χ3n) is 2.33. The van der Waals surface area contributed by atoms with E-state index in [1.165, 1.54) is 6.20 Å². The van der Waals surface area contributed by atoms with Gasteiger partial charge in [-0.25, -0.2) is 4.98 Å². The third kappa shape index (κ3) is 3.05. The first-order chi connectivity index (χ1) is 8.56. The average molecular weight is 282 g/mol. The molecule has 0 aliphatic heterocycles. The lowest BCUT2D eigenvalue weighted by molar-refractivity contribution is 0.0950. The molecular formula is C12H12ClN3OS. The Kier molecular flexibility index (Phi) is 3.93. The number of aryl methyl sites for hydroxylation is 2. The summed E-state index contributed by atoms with van der Waals surface area (Å²) in [6, 6.07) is 1.67. The first kappa shape index (κ1) is 13.0. The molecule has 2 rings (SSSR count). The molecule has 0 aliphatic rings. The van der Waals surface area contributed by atoms with E-state index >= 15 is 0 Å². The number of rotatable bonds is 3. The van der Waals surface area contributed by atoms with Crippen molar-refractivity contribution >= 4 is 28.8 Å². The summed E-state index contributed by atoms with van der Waals surface area (Å²) in [4.78, 5) is 20.2. The van der Waals surface area contributed by atoms with Crippen molar-refractivity contribution in [3.8, 4) is 0 Å². The van der Waals surface area contributed by atoms with Gasteiger partial charge in [-0.3, -0.25) is 9.78 Å². The number of nitrogens with one attached hydrogen (secondary N) is 1. The smallest absolute Gasteiger partial charge is 0.254 e. The Morgan fingerprint density at radius 2 is 2.28 bits per heavy atom. The van der Waals surface area contributed by atoms with Crippen molar-refractivity contribution < 1.29 is 4.79 Å². The maximum Gasteiger partial charge on any atom is 0.254 e. The van der Waals surface area contributed by atoms with Crippen molar-refractivity contribution in [2.24, 2.45) is 0 Å². The van der Waals surface area contributed by atoms with Crippen molar-refractivity contribution in [3.05, 3.63) is 44.6 Å². The Hall–Kier alpha value is -1.46. The van der Waals surface area contributed by atoms with E-state index < -0.39 is 0 Å². The summed E-state index contributed by atoms with van der Waals surface area (Å²) in [5.41, 5.74) is 2.02. The molecule has 94 valence electrons. The maximum absolute atomic E-state index is 11.9. The van der Waals surface area contributed by atoms with E-state index in [-0.39, 0.29) is 5.91 Å². The fourth-order valence-electron chi connectivity index (χ4n) is 1.45. The number of pyridine rings is 1. The van der Waals surface area contributed by atoms with Crippen molar-refractivity contribution in [3.63, 3.8) is 0 Å². The molecule has 18 heavy (non-hydrogen) atoms. The van der Waals surface area contributed by atoms with Crippen molar-refractivity contribution in [2.45, 2.75) is 20.4 Å². The number of halogens is 1. The number of carbonyl (C=O) groups is 1. The second-order valence-electron chi connectivity index (χ2n) is 3.85. The molecule has 4 nitrogen and oxygen atoms in total. The molecule has 0 saturated heterocycles. The van der Waals surface area contributed by atoms with E-state index in [2.05, 4.69) is 15.3 Å². The number of aromatic nitrogens is 2. The monoisotopic (exact) mass is 281 g/mol. The van der Waals surface area contributed by atoms with Gasteiger partial charge in [-0.05, 0) is 19.9 Å². The van der Waals surface area contributed by atoms with Gasteiger partial charge in [0.15, 0.2) is 0 Å². The highest BCUT2D eigenvalue weighted by molar-refractivity contribution is 7.09. The predicted octanol–water partition coefficient (Wildman–Crippen LogP) is 2.74. The van der Waals surface area contributed by atoms with Crippen LogP contribution in [-0.2, 0) is 6.54 Å². The van der Waals surface area contributed by atoms with E-state index in [0.29, 0.717) is 17.1 Å². The summed E-state index contributed by atoms with van der Waals surface area (Å²) in [6.45, 7) is 4.15. The lowest BCUT2D eigenvalue weighted by Crippen LogP contribution is -2.23. The normalized spacial score (nSPS) is 10.4. The molecular weight excluding hydrogens is 270 g/mol. The maximum atomic E-state index is 11.9. The number of hydrogen-bond donors (Lipinski definition) is 1. The Bertz CT molecular complexity index is 582. The van der Waals surface area contributed by atoms with Gasteiger partial charge in [0, 0.05) is 17.3 Å². The summed E-state index contributed by atoms with van der Waals surface area (Å²) >= 11 is 7.55. The molecule has 2 aromatic rings. The molecule has 2 heterocycles. The van der Waals surface area contributed by atoms with Crippen LogP contribution in [0.15, 0.2) is 17.6 Å². The molecule has 6 heteroatoms. The number of nitrogens with zero attached hydrogens (tertiary/aromatic N) is 2. The average Bonchev–Trinajstić information content (AvgIpc) is 2.72. The van der Waals surface area contributed by atoms with Crippen molar-refractivity contribution in [2.75, 3.05) is 0 Å². The minimum Gasteiger partial charge on any atom is -0.346 e. The van der Waals surface area contributed by atoms with Gasteiger partial charge in [-0.15, -0.1) is 11.3 Å². The SMILES string of the molecule is Cc1cc(Cl)c(C(=O)NCc2csc(C)n2)cn1. The van der Waals surface area contributed by atoms with E-state index in [0.717, 1.165) is 16.4 Å². The molecule has 0 fully saturated rings. The lowest BCUT2D eigenvalue weighted by Gasteiger charge is -2.05. The van der Waals surface area contributed by atoms with Crippen molar-refractivity contribution in [1.29, 1.82) is 0 Å². The predicted molar refractivity (Wildman–Crippen MR) is 72.0 cm³/mol. The van der Waals surface area contributed by atoms with Crippen LogP contribution in [0.5, 0.6) is 0 Å². The molecule has 0 aliphatic carbocycles. The Morgan fingerprint density at radius 3 is 2.89 bits per heavy atom. The number of hydrogen-bond acceptors (Lipinski definition) is 4. The van der Waals surface area contributed by atoms with Crippen LogP contribution < -0.4 is 5.32 Å². The van der Waals surface area contributed by atoms with Crippen LogP contribution in [0, 0.1) is 13.8 Å². The fourth-order valence-corrected chi connectivity index (χ4v) is 2.35. The van der Waals surface area contributed by atoms with E-state index in [9.17, 15) is 4.79 Å². The minimum atomic E-state index is -0.238. The molecule has 0 atom stereocenters. The Labute approximate surface area is 114 Å². The first-order valence-corrected chi connectivity index (χ1v) is 6.63. The highest BCUT2D eigenvalue weighted by Crippen LogP contribution is 2.15. The minimum absolute atomic E-state index is 0.238. The molecule has 1 N–H and O–H groups in total. The fraction of sp³-hybridized carbons (Fsp3) is 0.250. The molecule has 0 aromatic carbocycles. The van der Waals surface area contributed by atoms with Crippen LogP contribution in [0.25, 0.3) is 0 Å². The van der Waals surface area contributed by atoms with E-state index in [1.54, 1.807) is 17.4 Å². The standard InChI is InChI=1S/C12H12ClN3OS/c1-7-3-11(13)10(5-14-7)12(17)15-4-9-6-18-8(2)16-9/h3,5-6H,4H2,1-2H3,(H,15,17). The van der Waals surface area contributed by atoms with Gasteiger partial charge in [0.2, 0.25) is 0 Å². The van der Waals surface area contributed by atoms with E-state index in [1.807, 2.05) is 19.2 Å². The van der Waals surface area contributed by atoms with Gasteiger partial charge >= 0.3 is 0 Å². The summed E-state index contributed by atoms with van der Waals surface area (Å²) < 4.78 is 0. The number of thiazole rings is 1. The third-order valence-corrected chi connectivity index (χ3v) is 3.47. The van der Waals surface area contributed by atoms with Gasteiger partial charge in [0.05, 0.1) is 27.8 Å². The topological polar surface area (TPSA) is 54.9 Å². The second-order valence-corrected chi connectivity index (χ2v) is 5.32. The first-order valence-electron chi connectivity index (χ1n) is 5.37. The van der Waals surface area contributed by atoms with Gasteiger partial charge < -0.3 is 5.32 Å². The number of amides is 1. The molecule has 0 bridgehead atoms. The molecule has 0 unspecified atom stereocenters. The molecule has 1 amide bonds. The molecule has 0 spiro atoms. The largest absolute Gasteiger partial charge is 0.346 e. The highest BCUT2D eigenvalue weighted by atomic mass is 35.5. The number of carbonyl (C=O) groups excluding carboxylic acids is 1. The molecule has 2 aromatic heterocycles. The summed E-state index contributed by atoms with van der Waals surface area (Å²) in [5.74, 6) is -0.238.